The summed E-state index contributed by atoms with van der Waals surface area (Å²) in [7, 11) is -2.73. The van der Waals surface area contributed by atoms with E-state index in [9.17, 15) is 27.5 Å². The summed E-state index contributed by atoms with van der Waals surface area (Å²) >= 11 is 0. The molecule has 178 valence electrons. The number of likely N-dealkylation sites (N-methyl/N-ethyl adjacent to an activating group) is 1. The van der Waals surface area contributed by atoms with Gasteiger partial charge in [-0.2, -0.15) is 4.31 Å². The lowest BCUT2D eigenvalue weighted by molar-refractivity contribution is -0.142. The third-order valence-corrected chi connectivity index (χ3v) is 7.24. The van der Waals surface area contributed by atoms with Crippen LogP contribution in [0.1, 0.15) is 24.2 Å². The molecular formula is C25H25FN2O5S. The fraction of sp³-hybridized carbons (Fsp3) is 0.200. The van der Waals surface area contributed by atoms with Crippen molar-refractivity contribution >= 4 is 27.6 Å². The Hall–Kier alpha value is -3.56. The molecule has 0 fully saturated rings. The second-order valence-corrected chi connectivity index (χ2v) is 10.1. The summed E-state index contributed by atoms with van der Waals surface area (Å²) in [4.78, 5) is 23.8. The number of carbonyl (C=O) groups is 2. The minimum absolute atomic E-state index is 0.00571. The van der Waals surface area contributed by atoms with Crippen LogP contribution in [0.2, 0.25) is 0 Å². The van der Waals surface area contributed by atoms with Gasteiger partial charge < -0.3 is 10.4 Å². The average Bonchev–Trinajstić information content (AvgIpc) is 2.79. The Morgan fingerprint density at radius 2 is 1.38 bits per heavy atom. The van der Waals surface area contributed by atoms with E-state index in [1.165, 1.54) is 43.4 Å². The molecule has 0 unspecified atom stereocenters. The summed E-state index contributed by atoms with van der Waals surface area (Å²) in [5, 5.41) is 12.2. The van der Waals surface area contributed by atoms with Crippen molar-refractivity contribution in [3.8, 4) is 11.1 Å². The van der Waals surface area contributed by atoms with Gasteiger partial charge in [0.05, 0.1) is 4.90 Å². The van der Waals surface area contributed by atoms with Crippen molar-refractivity contribution in [3.05, 3.63) is 84.2 Å². The van der Waals surface area contributed by atoms with Gasteiger partial charge in [0.15, 0.2) is 0 Å². The first kappa shape index (κ1) is 25.1. The van der Waals surface area contributed by atoms with Gasteiger partial charge in [-0.15, -0.1) is 0 Å². The molecule has 0 saturated carbocycles. The van der Waals surface area contributed by atoms with E-state index >= 15 is 0 Å². The molecule has 3 aromatic carbocycles. The van der Waals surface area contributed by atoms with Crippen LogP contribution in [-0.4, -0.2) is 42.8 Å². The Labute approximate surface area is 197 Å². The molecule has 1 atom stereocenters. The van der Waals surface area contributed by atoms with Crippen LogP contribution in [0.5, 0.6) is 0 Å². The lowest BCUT2D eigenvalue weighted by Gasteiger charge is -2.27. The van der Waals surface area contributed by atoms with Crippen LogP contribution in [-0.2, 0) is 14.8 Å². The van der Waals surface area contributed by atoms with E-state index in [1.807, 2.05) is 0 Å². The highest BCUT2D eigenvalue weighted by Crippen LogP contribution is 2.26. The van der Waals surface area contributed by atoms with Gasteiger partial charge >= 0.3 is 5.97 Å². The molecule has 2 N–H and O–H groups in total. The minimum Gasteiger partial charge on any atom is -0.480 e. The van der Waals surface area contributed by atoms with E-state index in [-0.39, 0.29) is 10.8 Å². The zero-order chi connectivity index (χ0) is 25.0. The molecule has 7 nitrogen and oxygen atoms in total. The number of nitrogens with one attached hydrogen (secondary N) is 1. The number of halogens is 1. The molecule has 0 bridgehead atoms. The van der Waals surface area contributed by atoms with Gasteiger partial charge in [0.25, 0.3) is 5.91 Å². The molecule has 0 aliphatic heterocycles. The Balaban J connectivity index is 1.75. The molecule has 0 saturated heterocycles. The number of carbonyl (C=O) groups excluding carboxylic acids is 1. The number of sulfonamides is 1. The first-order valence-corrected chi connectivity index (χ1v) is 11.9. The van der Waals surface area contributed by atoms with E-state index < -0.39 is 33.8 Å². The molecule has 0 heterocycles. The normalized spacial score (nSPS) is 12.5. The number of carboxylic acids is 1. The lowest BCUT2D eigenvalue weighted by atomic mass is 10.1. The Morgan fingerprint density at radius 1 is 0.882 bits per heavy atom. The number of anilines is 1. The number of rotatable bonds is 8. The van der Waals surface area contributed by atoms with Crippen molar-refractivity contribution < 1.29 is 27.5 Å². The average molecular weight is 485 g/mol. The second-order valence-electron chi connectivity index (χ2n) is 8.11. The van der Waals surface area contributed by atoms with E-state index in [2.05, 4.69) is 5.32 Å². The van der Waals surface area contributed by atoms with Crippen molar-refractivity contribution in [1.82, 2.24) is 4.31 Å². The van der Waals surface area contributed by atoms with Gasteiger partial charge in [0, 0.05) is 18.3 Å². The molecule has 3 rings (SSSR count). The number of aliphatic carboxylic acids is 1. The molecule has 0 radical (unpaired) electrons. The molecule has 9 heteroatoms. The highest BCUT2D eigenvalue weighted by atomic mass is 32.2. The molecule has 0 aliphatic carbocycles. The third kappa shape index (κ3) is 5.49. The van der Waals surface area contributed by atoms with E-state index in [0.29, 0.717) is 11.3 Å². The lowest BCUT2D eigenvalue weighted by Crippen LogP contribution is -2.45. The highest BCUT2D eigenvalue weighted by molar-refractivity contribution is 7.89. The maximum absolute atomic E-state index is 13.0. The van der Waals surface area contributed by atoms with Gasteiger partial charge in [-0.25, -0.2) is 12.8 Å². The molecule has 0 aromatic heterocycles. The molecule has 3 aromatic rings. The predicted octanol–water partition coefficient (Wildman–Crippen LogP) is 4.47. The summed E-state index contributed by atoms with van der Waals surface area (Å²) in [6.07, 6.45) is 0. The van der Waals surface area contributed by atoms with E-state index in [4.69, 9.17) is 0 Å². The summed E-state index contributed by atoms with van der Waals surface area (Å²) in [6.45, 7) is 3.30. The van der Waals surface area contributed by atoms with Crippen molar-refractivity contribution in [1.29, 1.82) is 0 Å². The van der Waals surface area contributed by atoms with Crippen LogP contribution in [0.4, 0.5) is 10.1 Å². The van der Waals surface area contributed by atoms with Gasteiger partial charge in [-0.05, 0) is 65.6 Å². The Morgan fingerprint density at radius 3 is 1.85 bits per heavy atom. The van der Waals surface area contributed by atoms with Crippen molar-refractivity contribution in [3.63, 3.8) is 0 Å². The highest BCUT2D eigenvalue weighted by Gasteiger charge is 2.34. The molecular weight excluding hydrogens is 459 g/mol. The standard InChI is InChI=1S/C25H25FN2O5S/c1-16(2)23(25(30)31)28(3)34(32,33)22-14-8-18(9-15-22)17-6-12-21(13-7-17)27-24(29)19-4-10-20(26)11-5-19/h4-16,23H,1-3H3,(H,27,29)(H,30,31)/t23-/m0/s1. The fourth-order valence-electron chi connectivity index (χ4n) is 3.55. The largest absolute Gasteiger partial charge is 0.480 e. The van der Waals surface area contributed by atoms with Crippen LogP contribution < -0.4 is 5.32 Å². The summed E-state index contributed by atoms with van der Waals surface area (Å²) in [5.41, 5.74) is 2.42. The van der Waals surface area contributed by atoms with Gasteiger partial charge in [-0.1, -0.05) is 38.1 Å². The number of amides is 1. The van der Waals surface area contributed by atoms with Crippen LogP contribution in [0.25, 0.3) is 11.1 Å². The van der Waals surface area contributed by atoms with Crippen LogP contribution in [0.15, 0.2) is 77.7 Å². The smallest absolute Gasteiger partial charge is 0.322 e. The Kier molecular flexibility index (Phi) is 7.48. The number of benzene rings is 3. The SMILES string of the molecule is CC(C)[C@@H](C(=O)O)N(C)S(=O)(=O)c1ccc(-c2ccc(NC(=O)c3ccc(F)cc3)cc2)cc1. The summed E-state index contributed by atoms with van der Waals surface area (Å²) in [6, 6.07) is 17.1. The first-order chi connectivity index (χ1) is 16.0. The Bertz CT molecular complexity index is 1270. The number of carboxylic acid groups (broad SMARTS) is 1. The van der Waals surface area contributed by atoms with E-state index in [0.717, 1.165) is 15.4 Å². The second kappa shape index (κ2) is 10.1. The van der Waals surface area contributed by atoms with Crippen LogP contribution >= 0.6 is 0 Å². The quantitative estimate of drug-likeness (QED) is 0.491. The minimum atomic E-state index is -3.99. The van der Waals surface area contributed by atoms with Gasteiger partial charge in [0.2, 0.25) is 10.0 Å². The summed E-state index contributed by atoms with van der Waals surface area (Å²) < 4.78 is 39.7. The van der Waals surface area contributed by atoms with Crippen LogP contribution in [0, 0.1) is 11.7 Å². The van der Waals surface area contributed by atoms with Crippen molar-refractivity contribution in [2.45, 2.75) is 24.8 Å². The van der Waals surface area contributed by atoms with E-state index in [1.54, 1.807) is 50.2 Å². The van der Waals surface area contributed by atoms with Gasteiger partial charge in [0.1, 0.15) is 11.9 Å². The fourth-order valence-corrected chi connectivity index (χ4v) is 4.99. The zero-order valence-electron chi connectivity index (χ0n) is 18.9. The topological polar surface area (TPSA) is 104 Å². The van der Waals surface area contributed by atoms with Gasteiger partial charge in [-0.3, -0.25) is 9.59 Å². The number of nitrogens with zero attached hydrogens (tertiary/aromatic N) is 1. The van der Waals surface area contributed by atoms with Crippen molar-refractivity contribution in [2.24, 2.45) is 5.92 Å². The maximum Gasteiger partial charge on any atom is 0.322 e. The molecule has 0 spiro atoms. The summed E-state index contributed by atoms with van der Waals surface area (Å²) in [5.74, 6) is -2.40. The molecule has 34 heavy (non-hydrogen) atoms. The predicted molar refractivity (Wildman–Crippen MR) is 127 cm³/mol. The van der Waals surface area contributed by atoms with Crippen LogP contribution in [0.3, 0.4) is 0 Å². The first-order valence-electron chi connectivity index (χ1n) is 10.5. The molecule has 0 aliphatic rings. The van der Waals surface area contributed by atoms with Crippen molar-refractivity contribution in [2.75, 3.05) is 12.4 Å². The third-order valence-electron chi connectivity index (χ3n) is 5.39. The molecule has 1 amide bonds. The maximum atomic E-state index is 13.0. The zero-order valence-corrected chi connectivity index (χ0v) is 19.7. The number of hydrogen-bond donors (Lipinski definition) is 2. The monoisotopic (exact) mass is 484 g/mol. The number of hydrogen-bond acceptors (Lipinski definition) is 4.